The lowest BCUT2D eigenvalue weighted by molar-refractivity contribution is -0.115. The standard InChI is InChI=1S/C25H23N3O3S/c1-16(29)28(19-7-3-2-4-8-19)25-26-18(15-32-25)14-31-24(30)17-11-12-23-21(13-17)20-9-5-6-10-22(20)27-23/h2-4,7-8,11-13,15,27H,5-6,9-10,14H2,1H3. The predicted molar refractivity (Wildman–Crippen MR) is 125 cm³/mol. The molecule has 0 saturated heterocycles. The van der Waals surface area contributed by atoms with E-state index in [1.165, 1.54) is 42.4 Å². The summed E-state index contributed by atoms with van der Waals surface area (Å²) in [5.74, 6) is -0.504. The molecule has 1 aliphatic carbocycles. The number of nitrogens with one attached hydrogen (secondary N) is 1. The molecule has 0 fully saturated rings. The molecule has 1 N–H and O–H groups in total. The molecule has 0 spiro atoms. The van der Waals surface area contributed by atoms with Gasteiger partial charge in [-0.15, -0.1) is 11.3 Å². The fourth-order valence-electron chi connectivity index (χ4n) is 4.23. The third-order valence-corrected chi connectivity index (χ3v) is 6.62. The molecule has 2 aromatic heterocycles. The van der Waals surface area contributed by atoms with Crippen molar-refractivity contribution in [2.75, 3.05) is 4.90 Å². The Kier molecular flexibility index (Phi) is 5.49. The van der Waals surface area contributed by atoms with E-state index in [4.69, 9.17) is 4.74 Å². The fraction of sp³-hybridized carbons (Fsp3) is 0.240. The molecule has 6 nitrogen and oxygen atoms in total. The Morgan fingerprint density at radius 1 is 1.12 bits per heavy atom. The number of hydrogen-bond donors (Lipinski definition) is 1. The van der Waals surface area contributed by atoms with E-state index in [2.05, 4.69) is 9.97 Å². The van der Waals surface area contributed by atoms with Crippen molar-refractivity contribution < 1.29 is 14.3 Å². The summed E-state index contributed by atoms with van der Waals surface area (Å²) in [6.45, 7) is 1.56. The molecular weight excluding hydrogens is 422 g/mol. The molecule has 1 amide bonds. The number of aryl methyl sites for hydroxylation is 2. The SMILES string of the molecule is CC(=O)N(c1ccccc1)c1nc(COC(=O)c2ccc3[nH]c4c(c3c2)CCCC4)cs1. The van der Waals surface area contributed by atoms with Gasteiger partial charge in [0.05, 0.1) is 16.9 Å². The molecule has 1 aliphatic rings. The first kappa shape index (κ1) is 20.5. The van der Waals surface area contributed by atoms with Crippen molar-refractivity contribution in [1.82, 2.24) is 9.97 Å². The Morgan fingerprint density at radius 2 is 1.94 bits per heavy atom. The maximum atomic E-state index is 12.7. The second-order valence-corrected chi connectivity index (χ2v) is 8.77. The van der Waals surface area contributed by atoms with Crippen LogP contribution in [0.3, 0.4) is 0 Å². The van der Waals surface area contributed by atoms with Crippen LogP contribution in [0.2, 0.25) is 0 Å². The van der Waals surface area contributed by atoms with Crippen LogP contribution in [-0.4, -0.2) is 21.8 Å². The van der Waals surface area contributed by atoms with Gasteiger partial charge in [-0.1, -0.05) is 18.2 Å². The number of anilines is 2. The number of ether oxygens (including phenoxy) is 1. The van der Waals surface area contributed by atoms with Crippen molar-refractivity contribution in [2.24, 2.45) is 0 Å². The number of esters is 1. The average molecular weight is 446 g/mol. The molecule has 7 heteroatoms. The average Bonchev–Trinajstić information content (AvgIpc) is 3.42. The van der Waals surface area contributed by atoms with E-state index in [0.29, 0.717) is 16.4 Å². The summed E-state index contributed by atoms with van der Waals surface area (Å²) in [6.07, 6.45) is 4.50. The maximum absolute atomic E-state index is 12.7. The van der Waals surface area contributed by atoms with Gasteiger partial charge in [0.25, 0.3) is 0 Å². The Bertz CT molecular complexity index is 1290. The minimum absolute atomic E-state index is 0.0547. The molecule has 0 aliphatic heterocycles. The summed E-state index contributed by atoms with van der Waals surface area (Å²) in [5.41, 5.74) is 5.59. The van der Waals surface area contributed by atoms with Gasteiger partial charge in [0.1, 0.15) is 6.61 Å². The summed E-state index contributed by atoms with van der Waals surface area (Å²) in [6, 6.07) is 15.0. The van der Waals surface area contributed by atoms with Gasteiger partial charge in [-0.05, 0) is 61.6 Å². The Labute approximate surface area is 189 Å². The highest BCUT2D eigenvalue weighted by Crippen LogP contribution is 2.31. The number of amides is 1. The molecule has 0 unspecified atom stereocenters. The number of para-hydroxylation sites is 1. The number of fused-ring (bicyclic) bond motifs is 3. The molecule has 4 aromatic rings. The lowest BCUT2D eigenvalue weighted by Gasteiger charge is -2.17. The number of nitrogens with zero attached hydrogens (tertiary/aromatic N) is 2. The molecule has 0 saturated carbocycles. The van der Waals surface area contributed by atoms with Gasteiger partial charge >= 0.3 is 5.97 Å². The Hall–Kier alpha value is -3.45. The van der Waals surface area contributed by atoms with Crippen LogP contribution < -0.4 is 4.90 Å². The summed E-state index contributed by atoms with van der Waals surface area (Å²) in [4.78, 5) is 34.4. The lowest BCUT2D eigenvalue weighted by Crippen LogP contribution is -2.22. The van der Waals surface area contributed by atoms with Gasteiger partial charge in [-0.25, -0.2) is 9.78 Å². The first-order valence-corrected chi connectivity index (χ1v) is 11.6. The van der Waals surface area contributed by atoms with Gasteiger partial charge in [0.15, 0.2) is 5.13 Å². The van der Waals surface area contributed by atoms with Crippen LogP contribution in [0.15, 0.2) is 53.9 Å². The molecular formula is C25H23N3O3S. The number of carbonyl (C=O) groups excluding carboxylic acids is 2. The largest absolute Gasteiger partial charge is 0.456 e. The molecule has 32 heavy (non-hydrogen) atoms. The second-order valence-electron chi connectivity index (χ2n) is 7.94. The van der Waals surface area contributed by atoms with Gasteiger partial charge in [0.2, 0.25) is 5.91 Å². The van der Waals surface area contributed by atoms with Crippen LogP contribution in [0.4, 0.5) is 10.8 Å². The Morgan fingerprint density at radius 3 is 2.75 bits per heavy atom. The third kappa shape index (κ3) is 3.91. The zero-order valence-electron chi connectivity index (χ0n) is 17.8. The number of aromatic amines is 1. The second kappa shape index (κ2) is 8.59. The summed E-state index contributed by atoms with van der Waals surface area (Å²) in [7, 11) is 0. The number of carbonyl (C=O) groups is 2. The van der Waals surface area contributed by atoms with Gasteiger partial charge in [0, 0.05) is 28.9 Å². The highest BCUT2D eigenvalue weighted by molar-refractivity contribution is 7.14. The topological polar surface area (TPSA) is 75.3 Å². The predicted octanol–water partition coefficient (Wildman–Crippen LogP) is 5.54. The zero-order chi connectivity index (χ0) is 22.1. The molecule has 0 bridgehead atoms. The number of rotatable bonds is 5. The molecule has 5 rings (SSSR count). The molecule has 0 atom stereocenters. The smallest absolute Gasteiger partial charge is 0.338 e. The van der Waals surface area contributed by atoms with Crippen LogP contribution in [-0.2, 0) is 29.0 Å². The normalized spacial score (nSPS) is 13.0. The molecule has 2 aromatic carbocycles. The monoisotopic (exact) mass is 445 g/mol. The van der Waals surface area contributed by atoms with Crippen LogP contribution in [0.5, 0.6) is 0 Å². The van der Waals surface area contributed by atoms with Crippen molar-refractivity contribution >= 4 is 44.9 Å². The van der Waals surface area contributed by atoms with E-state index >= 15 is 0 Å². The van der Waals surface area contributed by atoms with E-state index in [0.717, 1.165) is 29.4 Å². The molecule has 2 heterocycles. The van der Waals surface area contributed by atoms with E-state index in [1.807, 2.05) is 47.8 Å². The van der Waals surface area contributed by atoms with Crippen molar-refractivity contribution in [3.63, 3.8) is 0 Å². The number of thiazole rings is 1. The first-order valence-electron chi connectivity index (χ1n) is 10.7. The summed E-state index contributed by atoms with van der Waals surface area (Å²) >= 11 is 1.35. The third-order valence-electron chi connectivity index (χ3n) is 5.75. The first-order chi connectivity index (χ1) is 15.6. The van der Waals surface area contributed by atoms with Crippen LogP contribution in [0.1, 0.15) is 47.1 Å². The number of H-pyrrole nitrogens is 1. The maximum Gasteiger partial charge on any atom is 0.338 e. The van der Waals surface area contributed by atoms with Crippen LogP contribution >= 0.6 is 11.3 Å². The van der Waals surface area contributed by atoms with Crippen molar-refractivity contribution in [2.45, 2.75) is 39.2 Å². The quantitative estimate of drug-likeness (QED) is 0.409. The zero-order valence-corrected chi connectivity index (χ0v) is 18.6. The van der Waals surface area contributed by atoms with E-state index in [1.54, 1.807) is 11.0 Å². The van der Waals surface area contributed by atoms with Crippen molar-refractivity contribution in [1.29, 1.82) is 0 Å². The highest BCUT2D eigenvalue weighted by Gasteiger charge is 2.19. The Balaban J connectivity index is 1.30. The number of hydrogen-bond acceptors (Lipinski definition) is 5. The lowest BCUT2D eigenvalue weighted by atomic mass is 9.95. The van der Waals surface area contributed by atoms with Crippen LogP contribution in [0.25, 0.3) is 10.9 Å². The summed E-state index contributed by atoms with van der Waals surface area (Å²) < 4.78 is 5.53. The molecule has 162 valence electrons. The van der Waals surface area contributed by atoms with Gasteiger partial charge < -0.3 is 9.72 Å². The molecule has 0 radical (unpaired) electrons. The van der Waals surface area contributed by atoms with E-state index in [-0.39, 0.29) is 18.5 Å². The van der Waals surface area contributed by atoms with E-state index < -0.39 is 0 Å². The minimum Gasteiger partial charge on any atom is -0.456 e. The van der Waals surface area contributed by atoms with Crippen LogP contribution in [0, 0.1) is 0 Å². The van der Waals surface area contributed by atoms with Gasteiger partial charge in [-0.2, -0.15) is 0 Å². The van der Waals surface area contributed by atoms with Gasteiger partial charge in [-0.3, -0.25) is 9.69 Å². The fourth-order valence-corrected chi connectivity index (χ4v) is 5.10. The van der Waals surface area contributed by atoms with Crippen molar-refractivity contribution in [3.05, 3.63) is 76.4 Å². The van der Waals surface area contributed by atoms with E-state index in [9.17, 15) is 9.59 Å². The highest BCUT2D eigenvalue weighted by atomic mass is 32.1. The summed E-state index contributed by atoms with van der Waals surface area (Å²) in [5, 5.41) is 3.48. The van der Waals surface area contributed by atoms with Crippen molar-refractivity contribution in [3.8, 4) is 0 Å². The number of aromatic nitrogens is 2. The number of benzene rings is 2. The minimum atomic E-state index is -0.376.